The highest BCUT2D eigenvalue weighted by Crippen LogP contribution is 2.26. The summed E-state index contributed by atoms with van der Waals surface area (Å²) in [6, 6.07) is 4.24. The maximum Gasteiger partial charge on any atom is 0.264 e. The molecule has 2 aromatic rings. The van der Waals surface area contributed by atoms with Crippen molar-refractivity contribution in [1.29, 1.82) is 0 Å². The fraction of sp³-hybridized carbons (Fsp3) is 0. The molecule has 0 aliphatic heterocycles. The number of nitrogens with two attached hydrogens (primary N) is 1. The van der Waals surface area contributed by atoms with Crippen LogP contribution in [0.3, 0.4) is 0 Å². The summed E-state index contributed by atoms with van der Waals surface area (Å²) in [7, 11) is -3.77. The van der Waals surface area contributed by atoms with Crippen LogP contribution < -0.4 is 10.5 Å². The molecule has 0 fully saturated rings. The molecule has 0 atom stereocenters. The minimum Gasteiger partial charge on any atom is -0.399 e. The van der Waals surface area contributed by atoms with Crippen LogP contribution in [0.5, 0.6) is 0 Å². The SMILES string of the molecule is Nc1ccc(Cl)c(S(=O)(=O)Nc2cnns2)c1. The van der Waals surface area contributed by atoms with Gasteiger partial charge in [-0.2, -0.15) is 0 Å². The van der Waals surface area contributed by atoms with Crippen LogP contribution in [-0.4, -0.2) is 18.0 Å². The highest BCUT2D eigenvalue weighted by atomic mass is 35.5. The van der Waals surface area contributed by atoms with Crippen LogP contribution in [0, 0.1) is 0 Å². The Labute approximate surface area is 107 Å². The maximum absolute atomic E-state index is 12.0. The molecule has 0 radical (unpaired) electrons. The summed E-state index contributed by atoms with van der Waals surface area (Å²) in [4.78, 5) is -0.0763. The van der Waals surface area contributed by atoms with Crippen molar-refractivity contribution in [3.05, 3.63) is 29.4 Å². The van der Waals surface area contributed by atoms with E-state index in [-0.39, 0.29) is 9.92 Å². The molecule has 0 unspecified atom stereocenters. The maximum atomic E-state index is 12.0. The van der Waals surface area contributed by atoms with Crippen LogP contribution in [-0.2, 0) is 10.0 Å². The quantitative estimate of drug-likeness (QED) is 0.836. The third-order valence-electron chi connectivity index (χ3n) is 1.84. The molecule has 1 aromatic carbocycles. The average Bonchev–Trinajstić information content (AvgIpc) is 2.73. The molecular weight excluding hydrogens is 284 g/mol. The molecule has 3 N–H and O–H groups in total. The van der Waals surface area contributed by atoms with Crippen molar-refractivity contribution in [2.75, 3.05) is 10.5 Å². The average molecular weight is 291 g/mol. The first-order chi connectivity index (χ1) is 7.99. The van der Waals surface area contributed by atoms with E-state index in [0.717, 1.165) is 11.5 Å². The molecule has 1 aromatic heterocycles. The van der Waals surface area contributed by atoms with Crippen molar-refractivity contribution in [3.63, 3.8) is 0 Å². The first kappa shape index (κ1) is 12.1. The molecule has 0 spiro atoms. The van der Waals surface area contributed by atoms with Gasteiger partial charge in [0.15, 0.2) is 0 Å². The van der Waals surface area contributed by atoms with Gasteiger partial charge in [0, 0.05) is 17.2 Å². The van der Waals surface area contributed by atoms with E-state index < -0.39 is 10.0 Å². The zero-order valence-electron chi connectivity index (χ0n) is 8.29. The number of anilines is 2. The number of aromatic nitrogens is 2. The number of nitrogen functional groups attached to an aromatic ring is 1. The van der Waals surface area contributed by atoms with Gasteiger partial charge in [-0.05, 0) is 18.2 Å². The van der Waals surface area contributed by atoms with E-state index in [1.165, 1.54) is 24.4 Å². The standard InChI is InChI=1S/C8H7ClN4O2S2/c9-6-2-1-5(10)3-7(6)17(14,15)12-8-4-11-13-16-8/h1-4,12H,10H2. The molecule has 9 heteroatoms. The van der Waals surface area contributed by atoms with E-state index >= 15 is 0 Å². The van der Waals surface area contributed by atoms with Gasteiger partial charge < -0.3 is 5.73 Å². The van der Waals surface area contributed by atoms with Crippen LogP contribution in [0.2, 0.25) is 5.02 Å². The Morgan fingerprint density at radius 2 is 2.18 bits per heavy atom. The molecule has 0 saturated heterocycles. The van der Waals surface area contributed by atoms with Crippen LogP contribution in [0.25, 0.3) is 0 Å². The molecule has 6 nitrogen and oxygen atoms in total. The zero-order chi connectivity index (χ0) is 12.5. The second kappa shape index (κ2) is 4.47. The molecule has 90 valence electrons. The van der Waals surface area contributed by atoms with Gasteiger partial charge >= 0.3 is 0 Å². The predicted molar refractivity (Wildman–Crippen MR) is 66.6 cm³/mol. The van der Waals surface area contributed by atoms with Gasteiger partial charge in [-0.3, -0.25) is 4.72 Å². The lowest BCUT2D eigenvalue weighted by atomic mass is 10.3. The van der Waals surface area contributed by atoms with E-state index in [4.69, 9.17) is 17.3 Å². The van der Waals surface area contributed by atoms with Gasteiger partial charge in [-0.25, -0.2) is 8.42 Å². The molecule has 1 heterocycles. The van der Waals surface area contributed by atoms with Gasteiger partial charge in [-0.15, -0.1) is 5.10 Å². The second-order valence-electron chi connectivity index (χ2n) is 3.08. The molecule has 2 rings (SSSR count). The Hall–Kier alpha value is -1.38. The molecule has 17 heavy (non-hydrogen) atoms. The van der Waals surface area contributed by atoms with E-state index in [1.807, 2.05) is 0 Å². The fourth-order valence-corrected chi connectivity index (χ4v) is 3.35. The Bertz CT molecular complexity index is 627. The normalized spacial score (nSPS) is 11.4. The summed E-state index contributed by atoms with van der Waals surface area (Å²) in [5.74, 6) is 0. The van der Waals surface area contributed by atoms with Crippen LogP contribution in [0.4, 0.5) is 10.7 Å². The van der Waals surface area contributed by atoms with Gasteiger partial charge in [0.1, 0.15) is 9.90 Å². The first-order valence-corrected chi connectivity index (χ1v) is 6.98. The highest BCUT2D eigenvalue weighted by molar-refractivity contribution is 7.93. The van der Waals surface area contributed by atoms with E-state index in [0.29, 0.717) is 10.7 Å². The lowest BCUT2D eigenvalue weighted by Gasteiger charge is -2.07. The number of hydrogen-bond donors (Lipinski definition) is 2. The summed E-state index contributed by atoms with van der Waals surface area (Å²) in [6.45, 7) is 0. The summed E-state index contributed by atoms with van der Waals surface area (Å²) < 4.78 is 29.8. The molecule has 0 bridgehead atoms. The zero-order valence-corrected chi connectivity index (χ0v) is 10.7. The Morgan fingerprint density at radius 3 is 2.82 bits per heavy atom. The summed E-state index contributed by atoms with van der Waals surface area (Å²) in [5, 5.41) is 3.93. The Kier molecular flexibility index (Phi) is 3.18. The number of halogens is 1. The minimum atomic E-state index is -3.77. The fourth-order valence-electron chi connectivity index (χ4n) is 1.13. The third-order valence-corrected chi connectivity index (χ3v) is 4.40. The molecule has 0 aliphatic rings. The van der Waals surface area contributed by atoms with Gasteiger partial charge in [0.2, 0.25) is 0 Å². The monoisotopic (exact) mass is 290 g/mol. The van der Waals surface area contributed by atoms with Crippen LogP contribution >= 0.6 is 23.1 Å². The van der Waals surface area contributed by atoms with Crippen molar-refractivity contribution in [2.45, 2.75) is 4.90 Å². The van der Waals surface area contributed by atoms with Crippen molar-refractivity contribution in [3.8, 4) is 0 Å². The lowest BCUT2D eigenvalue weighted by Crippen LogP contribution is -2.13. The molecule has 0 amide bonds. The number of hydrogen-bond acceptors (Lipinski definition) is 6. The summed E-state index contributed by atoms with van der Waals surface area (Å²) in [6.07, 6.45) is 1.31. The van der Waals surface area contributed by atoms with Gasteiger partial charge in [-0.1, -0.05) is 16.1 Å². The second-order valence-corrected chi connectivity index (χ2v) is 5.92. The third kappa shape index (κ3) is 2.65. The van der Waals surface area contributed by atoms with E-state index in [1.54, 1.807) is 0 Å². The predicted octanol–water partition coefficient (Wildman–Crippen LogP) is 1.57. The highest BCUT2D eigenvalue weighted by Gasteiger charge is 2.19. The summed E-state index contributed by atoms with van der Waals surface area (Å²) >= 11 is 6.75. The van der Waals surface area contributed by atoms with E-state index in [2.05, 4.69) is 14.3 Å². The van der Waals surface area contributed by atoms with Gasteiger partial charge in [0.25, 0.3) is 10.0 Å². The minimum absolute atomic E-state index is 0.0763. The summed E-state index contributed by atoms with van der Waals surface area (Å²) in [5.41, 5.74) is 5.84. The molecule has 0 saturated carbocycles. The van der Waals surface area contributed by atoms with E-state index in [9.17, 15) is 8.42 Å². The van der Waals surface area contributed by atoms with Crippen molar-refractivity contribution in [2.24, 2.45) is 0 Å². The smallest absolute Gasteiger partial charge is 0.264 e. The largest absolute Gasteiger partial charge is 0.399 e. The van der Waals surface area contributed by atoms with Crippen LogP contribution in [0.1, 0.15) is 0 Å². The molecule has 0 aliphatic carbocycles. The number of sulfonamides is 1. The van der Waals surface area contributed by atoms with Gasteiger partial charge in [0.05, 0.1) is 11.2 Å². The molecular formula is C8H7ClN4O2S2. The van der Waals surface area contributed by atoms with Crippen molar-refractivity contribution >= 4 is 43.8 Å². The number of rotatable bonds is 3. The Morgan fingerprint density at radius 1 is 1.41 bits per heavy atom. The topological polar surface area (TPSA) is 98.0 Å². The van der Waals surface area contributed by atoms with Crippen LogP contribution in [0.15, 0.2) is 29.3 Å². The number of nitrogens with one attached hydrogen (secondary N) is 1. The van der Waals surface area contributed by atoms with Crippen molar-refractivity contribution < 1.29 is 8.42 Å². The number of benzene rings is 1. The van der Waals surface area contributed by atoms with Crippen molar-refractivity contribution in [1.82, 2.24) is 9.59 Å². The number of nitrogens with zero attached hydrogens (tertiary/aromatic N) is 2. The lowest BCUT2D eigenvalue weighted by molar-refractivity contribution is 0.601. The Balaban J connectivity index is 2.41. The first-order valence-electron chi connectivity index (χ1n) is 4.34.